The summed E-state index contributed by atoms with van der Waals surface area (Å²) in [7, 11) is 1.91. The highest BCUT2D eigenvalue weighted by molar-refractivity contribution is 5.71. The number of aryl methyl sites for hydroxylation is 1. The zero-order valence-corrected chi connectivity index (χ0v) is 12.8. The van der Waals surface area contributed by atoms with E-state index in [2.05, 4.69) is 21.5 Å². The summed E-state index contributed by atoms with van der Waals surface area (Å²) in [5.74, 6) is 0.234. The molecule has 116 valence electrons. The third-order valence-electron chi connectivity index (χ3n) is 4.29. The summed E-state index contributed by atoms with van der Waals surface area (Å²) in [5.41, 5.74) is 5.00. The Morgan fingerprint density at radius 3 is 2.52 bits per heavy atom. The van der Waals surface area contributed by atoms with Crippen LogP contribution in [0.1, 0.15) is 11.5 Å². The third kappa shape index (κ3) is 2.64. The summed E-state index contributed by atoms with van der Waals surface area (Å²) >= 11 is 0. The molecule has 4 nitrogen and oxygen atoms in total. The lowest BCUT2D eigenvalue weighted by atomic mass is 9.89. The Morgan fingerprint density at radius 1 is 1.13 bits per heavy atom. The molecule has 1 saturated heterocycles. The number of aromatic nitrogens is 3. The Balaban J connectivity index is 1.82. The van der Waals surface area contributed by atoms with Gasteiger partial charge in [0.2, 0.25) is 0 Å². The molecule has 3 heterocycles. The van der Waals surface area contributed by atoms with E-state index in [1.54, 1.807) is 16.8 Å². The molecule has 1 aliphatic rings. The first-order valence-corrected chi connectivity index (χ1v) is 7.67. The van der Waals surface area contributed by atoms with Crippen molar-refractivity contribution in [2.24, 2.45) is 7.05 Å². The fourth-order valence-corrected chi connectivity index (χ4v) is 2.86. The summed E-state index contributed by atoms with van der Waals surface area (Å²) < 4.78 is 14.9. The number of nitrogens with zero attached hydrogens (tertiary/aromatic N) is 3. The summed E-state index contributed by atoms with van der Waals surface area (Å²) in [4.78, 5) is 4.59. The van der Waals surface area contributed by atoms with Gasteiger partial charge in [0.05, 0.1) is 11.4 Å². The highest BCUT2D eigenvalue weighted by Crippen LogP contribution is 2.32. The Hall–Kier alpha value is -2.53. The van der Waals surface area contributed by atoms with Gasteiger partial charge in [-0.1, -0.05) is 0 Å². The maximum Gasteiger partial charge on any atom is 0.123 e. The predicted octanol–water partition coefficient (Wildman–Crippen LogP) is 2.98. The molecule has 1 aromatic carbocycles. The van der Waals surface area contributed by atoms with Crippen LogP contribution in [0.2, 0.25) is 0 Å². The number of hydrogen-bond donors (Lipinski definition) is 1. The van der Waals surface area contributed by atoms with E-state index in [0.717, 1.165) is 35.6 Å². The number of rotatable bonds is 3. The van der Waals surface area contributed by atoms with E-state index < -0.39 is 0 Å². The minimum atomic E-state index is -0.240. The monoisotopic (exact) mass is 308 g/mol. The number of benzene rings is 1. The van der Waals surface area contributed by atoms with Gasteiger partial charge in [-0.15, -0.1) is 0 Å². The Morgan fingerprint density at radius 2 is 1.91 bits per heavy atom. The van der Waals surface area contributed by atoms with Crippen molar-refractivity contribution in [1.29, 1.82) is 0 Å². The van der Waals surface area contributed by atoms with E-state index in [9.17, 15) is 4.39 Å². The van der Waals surface area contributed by atoms with Crippen LogP contribution in [0.5, 0.6) is 0 Å². The first-order chi connectivity index (χ1) is 11.2. The molecule has 1 fully saturated rings. The van der Waals surface area contributed by atoms with Gasteiger partial charge in [0.15, 0.2) is 0 Å². The zero-order valence-electron chi connectivity index (χ0n) is 12.8. The Bertz CT molecular complexity index is 834. The first kappa shape index (κ1) is 14.1. The van der Waals surface area contributed by atoms with Gasteiger partial charge in [-0.2, -0.15) is 5.10 Å². The summed E-state index contributed by atoms with van der Waals surface area (Å²) in [5, 5.41) is 7.84. The first-order valence-electron chi connectivity index (χ1n) is 7.67. The molecule has 3 aromatic rings. The number of hydrogen-bond acceptors (Lipinski definition) is 3. The molecule has 0 unspecified atom stereocenters. The van der Waals surface area contributed by atoms with Crippen molar-refractivity contribution in [3.63, 3.8) is 0 Å². The van der Waals surface area contributed by atoms with E-state index in [4.69, 9.17) is 0 Å². The molecule has 0 saturated carbocycles. The Labute approximate surface area is 134 Å². The van der Waals surface area contributed by atoms with Gasteiger partial charge in [-0.25, -0.2) is 4.39 Å². The van der Waals surface area contributed by atoms with Crippen LogP contribution < -0.4 is 5.32 Å². The maximum absolute atomic E-state index is 13.1. The van der Waals surface area contributed by atoms with Crippen LogP contribution in [0.25, 0.3) is 22.5 Å². The van der Waals surface area contributed by atoms with E-state index in [1.165, 1.54) is 17.7 Å². The molecule has 5 heteroatoms. The van der Waals surface area contributed by atoms with Gasteiger partial charge in [-0.05, 0) is 42.0 Å². The Kier molecular flexibility index (Phi) is 3.42. The lowest BCUT2D eigenvalue weighted by Gasteiger charge is -2.29. The fraction of sp³-hybridized carbons (Fsp3) is 0.222. The van der Waals surface area contributed by atoms with Gasteiger partial charge in [-0.3, -0.25) is 9.67 Å². The highest BCUT2D eigenvalue weighted by Gasteiger charge is 2.24. The minimum Gasteiger partial charge on any atom is -0.315 e. The van der Waals surface area contributed by atoms with E-state index in [-0.39, 0.29) is 5.82 Å². The van der Waals surface area contributed by atoms with Gasteiger partial charge >= 0.3 is 0 Å². The second-order valence-corrected chi connectivity index (χ2v) is 5.89. The third-order valence-corrected chi connectivity index (χ3v) is 4.29. The lowest BCUT2D eigenvalue weighted by molar-refractivity contribution is 0.448. The molecule has 1 aliphatic heterocycles. The van der Waals surface area contributed by atoms with Gasteiger partial charge in [0.25, 0.3) is 0 Å². The molecule has 0 radical (unpaired) electrons. The van der Waals surface area contributed by atoms with Crippen LogP contribution in [0.3, 0.4) is 0 Å². The molecule has 0 aliphatic carbocycles. The van der Waals surface area contributed by atoms with Crippen molar-refractivity contribution in [3.8, 4) is 22.5 Å². The molecule has 23 heavy (non-hydrogen) atoms. The zero-order chi connectivity index (χ0) is 15.8. The molecular formula is C18H17FN4. The molecule has 2 aromatic heterocycles. The van der Waals surface area contributed by atoms with Gasteiger partial charge in [0, 0.05) is 49.6 Å². The standard InChI is InChI=1S/C18H17FN4/c1-23-7-6-17(22-23)15-8-18(12-2-4-14(19)5-3-12)21-11-16(15)13-9-20-10-13/h2-8,11,13,20H,9-10H2,1H3. The lowest BCUT2D eigenvalue weighted by Crippen LogP contribution is -2.40. The van der Waals surface area contributed by atoms with Crippen LogP contribution in [0.15, 0.2) is 48.8 Å². The molecule has 0 amide bonds. The minimum absolute atomic E-state index is 0.240. The maximum atomic E-state index is 13.1. The van der Waals surface area contributed by atoms with Crippen LogP contribution in [0.4, 0.5) is 4.39 Å². The molecule has 0 atom stereocenters. The van der Waals surface area contributed by atoms with E-state index in [0.29, 0.717) is 5.92 Å². The molecular weight excluding hydrogens is 291 g/mol. The number of nitrogens with one attached hydrogen (secondary N) is 1. The number of halogens is 1. The number of pyridine rings is 1. The van der Waals surface area contributed by atoms with Gasteiger partial charge in [0.1, 0.15) is 5.82 Å². The summed E-state index contributed by atoms with van der Waals surface area (Å²) in [6, 6.07) is 10.5. The quantitative estimate of drug-likeness (QED) is 0.809. The van der Waals surface area contributed by atoms with Crippen molar-refractivity contribution >= 4 is 0 Å². The highest BCUT2D eigenvalue weighted by atomic mass is 19.1. The predicted molar refractivity (Wildman–Crippen MR) is 87.4 cm³/mol. The largest absolute Gasteiger partial charge is 0.315 e. The van der Waals surface area contributed by atoms with Crippen LogP contribution in [-0.2, 0) is 7.05 Å². The molecule has 0 spiro atoms. The van der Waals surface area contributed by atoms with E-state index in [1.807, 2.05) is 25.5 Å². The SMILES string of the molecule is Cn1ccc(-c2cc(-c3ccc(F)cc3)ncc2C2CNC2)n1. The average molecular weight is 308 g/mol. The smallest absolute Gasteiger partial charge is 0.123 e. The molecule has 1 N–H and O–H groups in total. The topological polar surface area (TPSA) is 42.7 Å². The van der Waals surface area contributed by atoms with Crippen molar-refractivity contribution in [1.82, 2.24) is 20.1 Å². The fourth-order valence-electron chi connectivity index (χ4n) is 2.86. The van der Waals surface area contributed by atoms with Crippen LogP contribution in [-0.4, -0.2) is 27.9 Å². The summed E-state index contributed by atoms with van der Waals surface area (Å²) in [6.45, 7) is 1.94. The van der Waals surface area contributed by atoms with Gasteiger partial charge < -0.3 is 5.32 Å². The average Bonchev–Trinajstić information content (AvgIpc) is 2.93. The van der Waals surface area contributed by atoms with Crippen LogP contribution in [0, 0.1) is 5.82 Å². The van der Waals surface area contributed by atoms with E-state index >= 15 is 0 Å². The van der Waals surface area contributed by atoms with Crippen molar-refractivity contribution in [3.05, 3.63) is 60.2 Å². The van der Waals surface area contributed by atoms with Crippen molar-refractivity contribution in [2.75, 3.05) is 13.1 Å². The van der Waals surface area contributed by atoms with Crippen LogP contribution >= 0.6 is 0 Å². The second-order valence-electron chi connectivity index (χ2n) is 5.89. The second kappa shape index (κ2) is 5.59. The summed E-state index contributed by atoms with van der Waals surface area (Å²) in [6.07, 6.45) is 3.88. The molecule has 0 bridgehead atoms. The van der Waals surface area contributed by atoms with Crippen molar-refractivity contribution in [2.45, 2.75) is 5.92 Å². The normalized spacial score (nSPS) is 14.7. The van der Waals surface area contributed by atoms with Crippen molar-refractivity contribution < 1.29 is 4.39 Å². The molecule has 4 rings (SSSR count).